The minimum absolute atomic E-state index is 0.204. The molecule has 24 heavy (non-hydrogen) atoms. The smallest absolute Gasteiger partial charge is 0.303 e. The van der Waals surface area contributed by atoms with Gasteiger partial charge in [0, 0.05) is 20.3 Å². The van der Waals surface area contributed by atoms with E-state index >= 15 is 0 Å². The van der Waals surface area contributed by atoms with E-state index in [0.717, 1.165) is 0 Å². The molecule has 2 aromatic rings. The molecule has 0 N–H and O–H groups in total. The highest BCUT2D eigenvalue weighted by Gasteiger charge is 2.41. The summed E-state index contributed by atoms with van der Waals surface area (Å²) >= 11 is 6.01. The molecular weight excluding hydrogens is 340 g/mol. The van der Waals surface area contributed by atoms with Crippen molar-refractivity contribution in [3.63, 3.8) is 0 Å². The Kier molecular flexibility index (Phi) is 4.63. The van der Waals surface area contributed by atoms with E-state index in [2.05, 4.69) is 15.0 Å². The highest BCUT2D eigenvalue weighted by molar-refractivity contribution is 6.33. The van der Waals surface area contributed by atoms with Gasteiger partial charge in [-0.25, -0.2) is 15.0 Å². The maximum Gasteiger partial charge on any atom is 0.303 e. The molecule has 128 valence electrons. The molecular formula is C14H15ClN4O5. The summed E-state index contributed by atoms with van der Waals surface area (Å²) in [5.41, 5.74) is 0.833. The van der Waals surface area contributed by atoms with Crippen LogP contribution in [-0.2, 0) is 23.8 Å². The molecule has 0 aliphatic carbocycles. The Hall–Kier alpha value is -2.26. The molecule has 3 atom stereocenters. The van der Waals surface area contributed by atoms with Gasteiger partial charge in [0.1, 0.15) is 17.9 Å². The largest absolute Gasteiger partial charge is 0.458 e. The predicted molar refractivity (Wildman–Crippen MR) is 81.0 cm³/mol. The van der Waals surface area contributed by atoms with Crippen LogP contribution in [0.1, 0.15) is 26.5 Å². The molecule has 9 nitrogen and oxygen atoms in total. The molecule has 0 spiro atoms. The number of halogens is 1. The molecule has 0 saturated carbocycles. The van der Waals surface area contributed by atoms with Crippen molar-refractivity contribution in [3.8, 4) is 0 Å². The van der Waals surface area contributed by atoms with Crippen LogP contribution in [0.2, 0.25) is 5.15 Å². The summed E-state index contributed by atoms with van der Waals surface area (Å²) in [6.45, 7) is 2.90. The molecule has 3 rings (SSSR count). The zero-order valence-corrected chi connectivity index (χ0v) is 13.8. The number of hydrogen-bond acceptors (Lipinski definition) is 8. The van der Waals surface area contributed by atoms with Crippen molar-refractivity contribution >= 4 is 34.7 Å². The molecule has 10 heteroatoms. The fourth-order valence-electron chi connectivity index (χ4n) is 2.66. The Labute approximate surface area is 141 Å². The molecule has 3 heterocycles. The lowest BCUT2D eigenvalue weighted by Crippen LogP contribution is -2.46. The van der Waals surface area contributed by atoms with Crippen molar-refractivity contribution in [3.05, 3.63) is 17.8 Å². The zero-order chi connectivity index (χ0) is 17.3. The normalized spacial score (nSPS) is 23.9. The number of ether oxygens (including phenoxy) is 3. The second-order valence-corrected chi connectivity index (χ2v) is 5.62. The molecule has 0 aromatic carbocycles. The van der Waals surface area contributed by atoms with Crippen LogP contribution in [0.25, 0.3) is 11.2 Å². The van der Waals surface area contributed by atoms with Crippen LogP contribution in [0.3, 0.4) is 0 Å². The quantitative estimate of drug-likeness (QED) is 0.599. The second-order valence-electron chi connectivity index (χ2n) is 5.26. The summed E-state index contributed by atoms with van der Waals surface area (Å²) in [6.07, 6.45) is 0.990. The average Bonchev–Trinajstić information content (AvgIpc) is 2.93. The minimum atomic E-state index is -0.828. The molecule has 0 radical (unpaired) electrons. The van der Waals surface area contributed by atoms with Crippen LogP contribution in [0.4, 0.5) is 0 Å². The van der Waals surface area contributed by atoms with Crippen molar-refractivity contribution in [2.45, 2.75) is 38.7 Å². The standard InChI is InChI=1S/C14H15ClN4O5/c1-7(20)23-9-3-4-22-14(11(9)24-8(2)21)19-6-18-10-12(15)16-5-17-13(10)19/h5-6,9,11,14H,3-4H2,1-2H3/t9-,11+,14+/m0/s1. The first kappa shape index (κ1) is 16.6. The van der Waals surface area contributed by atoms with E-state index in [1.807, 2.05) is 0 Å². The summed E-state index contributed by atoms with van der Waals surface area (Å²) in [4.78, 5) is 35.0. The van der Waals surface area contributed by atoms with E-state index in [0.29, 0.717) is 24.2 Å². The Bertz CT molecular complexity index is 780. The van der Waals surface area contributed by atoms with Gasteiger partial charge in [-0.15, -0.1) is 0 Å². The van der Waals surface area contributed by atoms with E-state index in [4.69, 9.17) is 25.8 Å². The van der Waals surface area contributed by atoms with Crippen molar-refractivity contribution in [1.82, 2.24) is 19.5 Å². The monoisotopic (exact) mass is 354 g/mol. The van der Waals surface area contributed by atoms with E-state index in [-0.39, 0.29) is 5.15 Å². The number of hydrogen-bond donors (Lipinski definition) is 0. The fraction of sp³-hybridized carbons (Fsp3) is 0.500. The molecule has 1 saturated heterocycles. The minimum Gasteiger partial charge on any atom is -0.458 e. The summed E-state index contributed by atoms with van der Waals surface area (Å²) in [7, 11) is 0. The number of fused-ring (bicyclic) bond motifs is 1. The highest BCUT2D eigenvalue weighted by Crippen LogP contribution is 2.31. The van der Waals surface area contributed by atoms with Crippen molar-refractivity contribution < 1.29 is 23.8 Å². The molecule has 1 fully saturated rings. The first-order valence-corrected chi connectivity index (χ1v) is 7.64. The summed E-state index contributed by atoms with van der Waals surface area (Å²) in [5.74, 6) is -0.969. The van der Waals surface area contributed by atoms with Gasteiger partial charge in [0.05, 0.1) is 12.9 Å². The lowest BCUT2D eigenvalue weighted by molar-refractivity contribution is -0.206. The Morgan fingerprint density at radius 3 is 2.71 bits per heavy atom. The van der Waals surface area contributed by atoms with E-state index in [1.54, 1.807) is 4.57 Å². The molecule has 1 aliphatic rings. The topological polar surface area (TPSA) is 105 Å². The van der Waals surface area contributed by atoms with Crippen LogP contribution in [0.5, 0.6) is 0 Å². The molecule has 0 unspecified atom stereocenters. The number of carbonyl (C=O) groups is 2. The average molecular weight is 355 g/mol. The van der Waals surface area contributed by atoms with Crippen molar-refractivity contribution in [2.75, 3.05) is 6.61 Å². The number of rotatable bonds is 3. The first-order chi connectivity index (χ1) is 11.5. The maximum absolute atomic E-state index is 11.5. The Morgan fingerprint density at radius 1 is 1.25 bits per heavy atom. The van der Waals surface area contributed by atoms with Gasteiger partial charge in [0.25, 0.3) is 0 Å². The first-order valence-electron chi connectivity index (χ1n) is 7.26. The van der Waals surface area contributed by atoms with Gasteiger partial charge in [-0.05, 0) is 0 Å². The Morgan fingerprint density at radius 2 is 2.00 bits per heavy atom. The Balaban J connectivity index is 2.00. The third-order valence-electron chi connectivity index (χ3n) is 3.55. The van der Waals surface area contributed by atoms with Gasteiger partial charge in [0.2, 0.25) is 0 Å². The molecule has 2 aromatic heterocycles. The predicted octanol–water partition coefficient (Wildman–Crippen LogP) is 1.26. The van der Waals surface area contributed by atoms with E-state index in [9.17, 15) is 9.59 Å². The zero-order valence-electron chi connectivity index (χ0n) is 13.0. The lowest BCUT2D eigenvalue weighted by Gasteiger charge is -2.36. The van der Waals surface area contributed by atoms with Gasteiger partial charge >= 0.3 is 11.9 Å². The third kappa shape index (κ3) is 3.17. The maximum atomic E-state index is 11.5. The SMILES string of the molecule is CC(=O)O[C@@H]1[C@@H](OC(C)=O)CCO[C@H]1n1cnc2c(Cl)ncnc21. The van der Waals surface area contributed by atoms with Crippen LogP contribution < -0.4 is 0 Å². The van der Waals surface area contributed by atoms with Crippen molar-refractivity contribution in [2.24, 2.45) is 0 Å². The second kappa shape index (κ2) is 6.70. The van der Waals surface area contributed by atoms with E-state index < -0.39 is 30.4 Å². The van der Waals surface area contributed by atoms with Crippen LogP contribution >= 0.6 is 11.6 Å². The van der Waals surface area contributed by atoms with Gasteiger partial charge in [-0.2, -0.15) is 0 Å². The number of carbonyl (C=O) groups excluding carboxylic acids is 2. The lowest BCUT2D eigenvalue weighted by atomic mass is 10.1. The molecule has 0 amide bonds. The number of nitrogens with zero attached hydrogens (tertiary/aromatic N) is 4. The van der Waals surface area contributed by atoms with E-state index in [1.165, 1.54) is 26.5 Å². The molecule has 1 aliphatic heterocycles. The summed E-state index contributed by atoms with van der Waals surface area (Å²) < 4.78 is 18.0. The number of esters is 2. The van der Waals surface area contributed by atoms with Gasteiger partial charge in [-0.1, -0.05) is 11.6 Å². The summed E-state index contributed by atoms with van der Waals surface area (Å²) in [6, 6.07) is 0. The number of imidazole rings is 1. The third-order valence-corrected chi connectivity index (χ3v) is 3.82. The fourth-order valence-corrected chi connectivity index (χ4v) is 2.84. The van der Waals surface area contributed by atoms with Crippen molar-refractivity contribution in [1.29, 1.82) is 0 Å². The van der Waals surface area contributed by atoms with Crippen LogP contribution in [0.15, 0.2) is 12.7 Å². The van der Waals surface area contributed by atoms with Gasteiger partial charge in [-0.3, -0.25) is 14.2 Å². The number of aromatic nitrogens is 4. The highest BCUT2D eigenvalue weighted by atomic mass is 35.5. The van der Waals surface area contributed by atoms with Gasteiger partial charge < -0.3 is 14.2 Å². The summed E-state index contributed by atoms with van der Waals surface area (Å²) in [5, 5.41) is 0.204. The van der Waals surface area contributed by atoms with Crippen LogP contribution in [-0.4, -0.2) is 50.3 Å². The molecule has 0 bridgehead atoms. The van der Waals surface area contributed by atoms with Gasteiger partial charge in [0.15, 0.2) is 23.1 Å². The van der Waals surface area contributed by atoms with Crippen LogP contribution in [0, 0.1) is 0 Å².